The van der Waals surface area contributed by atoms with E-state index in [9.17, 15) is 8.42 Å². The molecule has 0 saturated carbocycles. The SMILES string of the molecule is C=CCN(c1cc(OC)ccc1OC)S(=O)(=O)c1cccs1. The van der Waals surface area contributed by atoms with Crippen LogP contribution in [0.25, 0.3) is 0 Å². The van der Waals surface area contributed by atoms with Gasteiger partial charge in [-0.05, 0) is 23.6 Å². The van der Waals surface area contributed by atoms with Crippen LogP contribution in [0.5, 0.6) is 11.5 Å². The van der Waals surface area contributed by atoms with Gasteiger partial charge in [-0.1, -0.05) is 12.1 Å². The maximum Gasteiger partial charge on any atom is 0.274 e. The topological polar surface area (TPSA) is 55.8 Å². The number of rotatable bonds is 7. The molecule has 2 aromatic rings. The van der Waals surface area contributed by atoms with Crippen LogP contribution in [0.15, 0.2) is 52.6 Å². The molecular weight excluding hydrogens is 322 g/mol. The molecule has 118 valence electrons. The predicted octanol–water partition coefficient (Wildman–Crippen LogP) is 3.15. The van der Waals surface area contributed by atoms with Gasteiger partial charge in [-0.3, -0.25) is 4.31 Å². The largest absolute Gasteiger partial charge is 0.497 e. The molecule has 0 spiro atoms. The third-order valence-electron chi connectivity index (χ3n) is 2.99. The van der Waals surface area contributed by atoms with Crippen LogP contribution in [0.1, 0.15) is 0 Å². The molecule has 0 unspecified atom stereocenters. The maximum absolute atomic E-state index is 12.8. The number of hydrogen-bond donors (Lipinski definition) is 0. The summed E-state index contributed by atoms with van der Waals surface area (Å²) in [6.45, 7) is 3.77. The summed E-state index contributed by atoms with van der Waals surface area (Å²) in [5, 5.41) is 1.72. The molecule has 0 aliphatic carbocycles. The first-order valence-electron chi connectivity index (χ1n) is 6.43. The second-order valence-electron chi connectivity index (χ2n) is 4.29. The number of sulfonamides is 1. The molecular formula is C15H17NO4S2. The fourth-order valence-corrected chi connectivity index (χ4v) is 4.50. The summed E-state index contributed by atoms with van der Waals surface area (Å²) < 4.78 is 37.7. The summed E-state index contributed by atoms with van der Waals surface area (Å²) in [5.41, 5.74) is 0.412. The van der Waals surface area contributed by atoms with Crippen LogP contribution >= 0.6 is 11.3 Å². The lowest BCUT2D eigenvalue weighted by molar-refractivity contribution is 0.404. The highest BCUT2D eigenvalue weighted by molar-refractivity contribution is 7.94. The predicted molar refractivity (Wildman–Crippen MR) is 88.6 cm³/mol. The zero-order chi connectivity index (χ0) is 16.2. The van der Waals surface area contributed by atoms with Crippen LogP contribution in [0.4, 0.5) is 5.69 Å². The fraction of sp³-hybridized carbons (Fsp3) is 0.200. The third kappa shape index (κ3) is 3.10. The number of ether oxygens (including phenoxy) is 2. The van der Waals surface area contributed by atoms with Gasteiger partial charge < -0.3 is 9.47 Å². The number of anilines is 1. The standard InChI is InChI=1S/C15H17NO4S2/c1-4-9-16(22(17,18)15-6-5-10-21-15)13-11-12(19-2)7-8-14(13)20-3/h4-8,10-11H,1,9H2,2-3H3. The highest BCUT2D eigenvalue weighted by Crippen LogP contribution is 2.36. The van der Waals surface area contributed by atoms with Crippen LogP contribution < -0.4 is 13.8 Å². The Hall–Kier alpha value is -1.99. The molecule has 7 heteroatoms. The molecule has 2 rings (SSSR count). The van der Waals surface area contributed by atoms with Crippen molar-refractivity contribution < 1.29 is 17.9 Å². The summed E-state index contributed by atoms with van der Waals surface area (Å²) in [5.74, 6) is 0.994. The van der Waals surface area contributed by atoms with Gasteiger partial charge in [0, 0.05) is 6.07 Å². The lowest BCUT2D eigenvalue weighted by Crippen LogP contribution is -2.31. The van der Waals surface area contributed by atoms with E-state index in [1.807, 2.05) is 0 Å². The van der Waals surface area contributed by atoms with Gasteiger partial charge in [0.1, 0.15) is 15.7 Å². The van der Waals surface area contributed by atoms with Crippen molar-refractivity contribution in [2.45, 2.75) is 4.21 Å². The summed E-state index contributed by atoms with van der Waals surface area (Å²) in [6, 6.07) is 8.29. The van der Waals surface area contributed by atoms with Gasteiger partial charge in [0.05, 0.1) is 26.5 Å². The molecule has 5 nitrogen and oxygen atoms in total. The van der Waals surface area contributed by atoms with Crippen molar-refractivity contribution in [1.29, 1.82) is 0 Å². The fourth-order valence-electron chi connectivity index (χ4n) is 1.95. The van der Waals surface area contributed by atoms with E-state index in [4.69, 9.17) is 9.47 Å². The van der Waals surface area contributed by atoms with Gasteiger partial charge >= 0.3 is 0 Å². The molecule has 0 N–H and O–H groups in total. The summed E-state index contributed by atoms with van der Waals surface area (Å²) in [7, 11) is -0.665. The molecule has 1 aromatic heterocycles. The first-order chi connectivity index (χ1) is 10.5. The Morgan fingerprint density at radius 2 is 2.05 bits per heavy atom. The van der Waals surface area contributed by atoms with Crippen LogP contribution in [0.2, 0.25) is 0 Å². The highest BCUT2D eigenvalue weighted by Gasteiger charge is 2.27. The Morgan fingerprint density at radius 1 is 1.27 bits per heavy atom. The van der Waals surface area contributed by atoms with E-state index < -0.39 is 10.0 Å². The Morgan fingerprint density at radius 3 is 2.59 bits per heavy atom. The van der Waals surface area contributed by atoms with Gasteiger partial charge in [0.25, 0.3) is 10.0 Å². The van der Waals surface area contributed by atoms with Crippen LogP contribution in [-0.2, 0) is 10.0 Å². The van der Waals surface area contributed by atoms with Gasteiger partial charge in [-0.25, -0.2) is 8.42 Å². The first-order valence-corrected chi connectivity index (χ1v) is 8.75. The Balaban J connectivity index is 2.60. The maximum atomic E-state index is 12.8. The van der Waals surface area contributed by atoms with Crippen molar-refractivity contribution in [3.05, 3.63) is 48.4 Å². The van der Waals surface area contributed by atoms with Gasteiger partial charge in [0.15, 0.2) is 0 Å². The second kappa shape index (κ2) is 6.85. The molecule has 0 saturated heterocycles. The third-order valence-corrected chi connectivity index (χ3v) is 6.14. The molecule has 1 heterocycles. The van der Waals surface area contributed by atoms with Crippen molar-refractivity contribution in [3.63, 3.8) is 0 Å². The van der Waals surface area contributed by atoms with E-state index in [1.165, 1.54) is 35.9 Å². The smallest absolute Gasteiger partial charge is 0.274 e. The molecule has 22 heavy (non-hydrogen) atoms. The zero-order valence-electron chi connectivity index (χ0n) is 12.4. The monoisotopic (exact) mass is 339 g/mol. The van der Waals surface area contributed by atoms with E-state index >= 15 is 0 Å². The molecule has 0 aliphatic heterocycles. The minimum Gasteiger partial charge on any atom is -0.497 e. The average Bonchev–Trinajstić information content (AvgIpc) is 3.07. The Labute approximate surface area is 134 Å². The van der Waals surface area contributed by atoms with Crippen molar-refractivity contribution in [2.24, 2.45) is 0 Å². The van der Waals surface area contributed by atoms with E-state index in [-0.39, 0.29) is 10.8 Å². The van der Waals surface area contributed by atoms with E-state index in [0.717, 1.165) is 0 Å². The van der Waals surface area contributed by atoms with Crippen LogP contribution in [-0.4, -0.2) is 29.2 Å². The minimum atomic E-state index is -3.69. The van der Waals surface area contributed by atoms with Gasteiger partial charge in [-0.15, -0.1) is 17.9 Å². The average molecular weight is 339 g/mol. The second-order valence-corrected chi connectivity index (χ2v) is 7.33. The Bertz CT molecular complexity index is 739. The Kier molecular flexibility index (Phi) is 5.10. The summed E-state index contributed by atoms with van der Waals surface area (Å²) in [6.07, 6.45) is 1.53. The number of thiophene rings is 1. The molecule has 0 amide bonds. The van der Waals surface area contributed by atoms with Crippen molar-refractivity contribution >= 4 is 27.0 Å². The molecule has 1 aromatic carbocycles. The van der Waals surface area contributed by atoms with Crippen molar-refractivity contribution in [3.8, 4) is 11.5 Å². The van der Waals surface area contributed by atoms with Crippen LogP contribution in [0.3, 0.4) is 0 Å². The molecule has 0 radical (unpaired) electrons. The number of methoxy groups -OCH3 is 2. The minimum absolute atomic E-state index is 0.129. The van der Waals surface area contributed by atoms with E-state index in [2.05, 4.69) is 6.58 Å². The number of benzene rings is 1. The zero-order valence-corrected chi connectivity index (χ0v) is 14.0. The molecule has 0 aliphatic rings. The molecule has 0 fully saturated rings. The molecule has 0 bridgehead atoms. The summed E-state index contributed by atoms with van der Waals surface area (Å²) >= 11 is 1.17. The van der Waals surface area contributed by atoms with Crippen molar-refractivity contribution in [1.82, 2.24) is 0 Å². The normalized spacial score (nSPS) is 11.0. The van der Waals surface area contributed by atoms with Gasteiger partial charge in [-0.2, -0.15) is 0 Å². The lowest BCUT2D eigenvalue weighted by atomic mass is 10.2. The first kappa shape index (κ1) is 16.4. The number of hydrogen-bond acceptors (Lipinski definition) is 5. The highest BCUT2D eigenvalue weighted by atomic mass is 32.2. The van der Waals surface area contributed by atoms with E-state index in [0.29, 0.717) is 17.2 Å². The van der Waals surface area contributed by atoms with E-state index in [1.54, 1.807) is 35.7 Å². The van der Waals surface area contributed by atoms with Crippen molar-refractivity contribution in [2.75, 3.05) is 25.1 Å². The lowest BCUT2D eigenvalue weighted by Gasteiger charge is -2.24. The van der Waals surface area contributed by atoms with Crippen LogP contribution in [0, 0.1) is 0 Å². The summed E-state index contributed by atoms with van der Waals surface area (Å²) in [4.78, 5) is 0. The number of nitrogens with zero attached hydrogens (tertiary/aromatic N) is 1. The molecule has 0 atom stereocenters. The quantitative estimate of drug-likeness (QED) is 0.727. The van der Waals surface area contributed by atoms with Gasteiger partial charge in [0.2, 0.25) is 0 Å².